The Labute approximate surface area is 65.6 Å². The molecule has 1 aromatic heterocycles. The highest BCUT2D eigenvalue weighted by Crippen LogP contribution is 1.99. The van der Waals surface area contributed by atoms with E-state index in [0.29, 0.717) is 0 Å². The zero-order chi connectivity index (χ0) is 8.43. The van der Waals surface area contributed by atoms with Crippen LogP contribution in [0.4, 0.5) is 0 Å². The van der Waals surface area contributed by atoms with E-state index in [1.54, 1.807) is 0 Å². The molecule has 11 heavy (non-hydrogen) atoms. The second-order valence-corrected chi connectivity index (χ2v) is 2.11. The van der Waals surface area contributed by atoms with Gasteiger partial charge in [-0.3, -0.25) is 4.79 Å². The number of nitrogens with one attached hydrogen (secondary N) is 1. The van der Waals surface area contributed by atoms with Crippen LogP contribution in [0.3, 0.4) is 0 Å². The van der Waals surface area contributed by atoms with Crippen molar-refractivity contribution in [2.75, 3.05) is 0 Å². The van der Waals surface area contributed by atoms with E-state index in [1.807, 2.05) is 5.10 Å². The van der Waals surface area contributed by atoms with Gasteiger partial charge in [-0.25, -0.2) is 5.10 Å². The van der Waals surface area contributed by atoms with Gasteiger partial charge in [0.05, 0.1) is 11.5 Å². The average Bonchev–Trinajstić information content (AvgIpc) is 1.94. The maximum Gasteiger partial charge on any atom is 0.273 e. The van der Waals surface area contributed by atoms with Crippen molar-refractivity contribution in [1.82, 2.24) is 10.2 Å². The van der Waals surface area contributed by atoms with Gasteiger partial charge in [0.25, 0.3) is 5.56 Å². The number of carbonyl (C=O) groups is 1. The molecule has 1 rings (SSSR count). The molecule has 0 aliphatic heterocycles. The lowest BCUT2D eigenvalue weighted by Gasteiger charge is -1.98. The Hall–Kier alpha value is -1.36. The van der Waals surface area contributed by atoms with Crippen LogP contribution in [0.25, 0.3) is 0 Å². The molecule has 0 saturated carbocycles. The molecular weight excluding hydrogens is 172 g/mol. The van der Waals surface area contributed by atoms with Crippen molar-refractivity contribution >= 4 is 17.6 Å². The predicted octanol–water partition coefficient (Wildman–Crippen LogP) is -1.21. The van der Waals surface area contributed by atoms with Gasteiger partial charge in [-0.15, -0.1) is 0 Å². The molecule has 5 nitrogen and oxygen atoms in total. The summed E-state index contributed by atoms with van der Waals surface area (Å²) >= 11 is 5.29. The number of hydrogen-bond donors (Lipinski definition) is 1. The Morgan fingerprint density at radius 2 is 2.36 bits per heavy atom. The van der Waals surface area contributed by atoms with Gasteiger partial charge in [-0.1, -0.05) is 11.6 Å². The molecule has 0 fully saturated rings. The summed E-state index contributed by atoms with van der Waals surface area (Å²) in [7, 11) is 0. The van der Waals surface area contributed by atoms with Crippen LogP contribution in [0.2, 0.25) is 5.15 Å². The quantitative estimate of drug-likeness (QED) is 0.577. The Balaban J connectivity index is 3.35. The number of hydrogen-bond acceptors (Lipinski definition) is 4. The summed E-state index contributed by atoms with van der Waals surface area (Å²) in [5.41, 5.74) is -1.35. The first-order valence-electron chi connectivity index (χ1n) is 2.58. The first-order chi connectivity index (χ1) is 5.11. The molecule has 0 amide bonds. The first-order valence-corrected chi connectivity index (χ1v) is 2.95. The molecule has 0 atom stereocenters. The lowest BCUT2D eigenvalue weighted by atomic mass is 10.3. The number of aromatic nitrogens is 2. The highest BCUT2D eigenvalue weighted by molar-refractivity contribution is 6.29. The second-order valence-electron chi connectivity index (χ2n) is 1.72. The summed E-state index contributed by atoms with van der Waals surface area (Å²) in [4.78, 5) is 20.8. The molecule has 0 aliphatic rings. The van der Waals surface area contributed by atoms with Crippen LogP contribution in [0, 0.1) is 0 Å². The van der Waals surface area contributed by atoms with Crippen LogP contribution >= 0.6 is 11.6 Å². The van der Waals surface area contributed by atoms with Crippen molar-refractivity contribution < 1.29 is 9.90 Å². The van der Waals surface area contributed by atoms with E-state index in [9.17, 15) is 14.7 Å². The Morgan fingerprint density at radius 1 is 1.73 bits per heavy atom. The topological polar surface area (TPSA) is 85.9 Å². The van der Waals surface area contributed by atoms with Crippen LogP contribution in [0.15, 0.2) is 10.9 Å². The minimum Gasteiger partial charge on any atom is -0.545 e. The van der Waals surface area contributed by atoms with E-state index in [0.717, 1.165) is 6.07 Å². The largest absolute Gasteiger partial charge is 0.545 e. The van der Waals surface area contributed by atoms with Crippen molar-refractivity contribution in [1.29, 1.82) is 0 Å². The number of carboxylic acid groups (broad SMARTS) is 1. The monoisotopic (exact) mass is 173 g/mol. The van der Waals surface area contributed by atoms with E-state index in [2.05, 4.69) is 5.10 Å². The number of carbonyl (C=O) groups excluding carboxylic acids is 1. The van der Waals surface area contributed by atoms with Crippen molar-refractivity contribution in [3.8, 4) is 0 Å². The highest BCUT2D eigenvalue weighted by atomic mass is 35.5. The van der Waals surface area contributed by atoms with E-state index < -0.39 is 17.1 Å². The van der Waals surface area contributed by atoms with E-state index in [-0.39, 0.29) is 5.15 Å². The third-order valence-electron chi connectivity index (χ3n) is 0.992. The molecule has 0 spiro atoms. The summed E-state index contributed by atoms with van der Waals surface area (Å²) in [5, 5.41) is 15.2. The fourth-order valence-electron chi connectivity index (χ4n) is 0.533. The molecule has 6 heteroatoms. The number of aromatic carboxylic acids is 1. The van der Waals surface area contributed by atoms with Gasteiger partial charge in [0, 0.05) is 0 Å². The summed E-state index contributed by atoms with van der Waals surface area (Å²) in [6.07, 6.45) is 0. The lowest BCUT2D eigenvalue weighted by Crippen LogP contribution is -2.30. The zero-order valence-corrected chi connectivity index (χ0v) is 5.88. The second kappa shape index (κ2) is 2.71. The van der Waals surface area contributed by atoms with Gasteiger partial charge in [-0.05, 0) is 6.07 Å². The molecular formula is C5H2ClN2O3-. The molecule has 0 aromatic carbocycles. The predicted molar refractivity (Wildman–Crippen MR) is 34.2 cm³/mol. The number of rotatable bonds is 1. The summed E-state index contributed by atoms with van der Waals surface area (Å²) in [6.45, 7) is 0. The number of aromatic amines is 1. The molecule has 58 valence electrons. The van der Waals surface area contributed by atoms with E-state index >= 15 is 0 Å². The van der Waals surface area contributed by atoms with E-state index in [1.165, 1.54) is 0 Å². The third-order valence-corrected chi connectivity index (χ3v) is 1.19. The van der Waals surface area contributed by atoms with Crippen LogP contribution in [-0.4, -0.2) is 16.2 Å². The van der Waals surface area contributed by atoms with Crippen molar-refractivity contribution in [3.63, 3.8) is 0 Å². The van der Waals surface area contributed by atoms with Gasteiger partial charge in [-0.2, -0.15) is 5.10 Å². The number of carboxylic acids is 1. The SMILES string of the molecule is O=C([O-])c1cc(Cl)n[nH]c1=O. The van der Waals surface area contributed by atoms with Gasteiger partial charge >= 0.3 is 0 Å². The minimum absolute atomic E-state index is 0.0937. The van der Waals surface area contributed by atoms with Crippen molar-refractivity contribution in [2.24, 2.45) is 0 Å². The number of nitrogens with zero attached hydrogens (tertiary/aromatic N) is 1. The summed E-state index contributed by atoms with van der Waals surface area (Å²) in [6, 6.07) is 0.926. The molecule has 0 bridgehead atoms. The van der Waals surface area contributed by atoms with Crippen molar-refractivity contribution in [2.45, 2.75) is 0 Å². The number of H-pyrrole nitrogens is 1. The van der Waals surface area contributed by atoms with Gasteiger partial charge in [0.2, 0.25) is 0 Å². The van der Waals surface area contributed by atoms with E-state index in [4.69, 9.17) is 11.6 Å². The standard InChI is InChI=1S/C5H3ClN2O3/c6-3-1-2(5(10)11)4(9)8-7-3/h1H,(H,8,9)(H,10,11)/p-1. The summed E-state index contributed by atoms with van der Waals surface area (Å²) < 4.78 is 0. The van der Waals surface area contributed by atoms with Crippen LogP contribution < -0.4 is 10.7 Å². The van der Waals surface area contributed by atoms with Crippen LogP contribution in [-0.2, 0) is 0 Å². The Morgan fingerprint density at radius 3 is 2.82 bits per heavy atom. The average molecular weight is 174 g/mol. The van der Waals surface area contributed by atoms with Crippen LogP contribution in [0.1, 0.15) is 10.4 Å². The molecule has 1 heterocycles. The molecule has 0 aliphatic carbocycles. The number of halogens is 1. The first kappa shape index (κ1) is 7.74. The molecule has 0 unspecified atom stereocenters. The zero-order valence-electron chi connectivity index (χ0n) is 5.13. The molecule has 0 radical (unpaired) electrons. The molecule has 0 saturated heterocycles. The Bertz CT molecular complexity index is 346. The van der Waals surface area contributed by atoms with Crippen LogP contribution in [0.5, 0.6) is 0 Å². The maximum atomic E-state index is 10.6. The van der Waals surface area contributed by atoms with Gasteiger partial charge in [0.1, 0.15) is 5.15 Å². The maximum absolute atomic E-state index is 10.6. The minimum atomic E-state index is -1.57. The van der Waals surface area contributed by atoms with Gasteiger partial charge in [0.15, 0.2) is 0 Å². The Kier molecular flexibility index (Phi) is 1.91. The molecule has 1 aromatic rings. The fraction of sp³-hybridized carbons (Fsp3) is 0. The fourth-order valence-corrected chi connectivity index (χ4v) is 0.684. The normalized spacial score (nSPS) is 9.55. The molecule has 1 N–H and O–H groups in total. The highest BCUT2D eigenvalue weighted by Gasteiger charge is 2.00. The third kappa shape index (κ3) is 1.56. The van der Waals surface area contributed by atoms with Crippen molar-refractivity contribution in [3.05, 3.63) is 27.1 Å². The van der Waals surface area contributed by atoms with Gasteiger partial charge < -0.3 is 9.90 Å². The smallest absolute Gasteiger partial charge is 0.273 e. The summed E-state index contributed by atoms with van der Waals surface area (Å²) in [5.74, 6) is -1.57. The lowest BCUT2D eigenvalue weighted by molar-refractivity contribution is -0.255.